The third-order valence-corrected chi connectivity index (χ3v) is 8.35. The largest absolute Gasteiger partial charge is 0.413 e. The van der Waals surface area contributed by atoms with Crippen LogP contribution in [0.1, 0.15) is 47.5 Å². The van der Waals surface area contributed by atoms with Crippen molar-refractivity contribution in [1.29, 1.82) is 0 Å². The Morgan fingerprint density at radius 2 is 1.53 bits per heavy atom. The molecule has 0 heterocycles. The van der Waals surface area contributed by atoms with Gasteiger partial charge in [0, 0.05) is 0 Å². The molecule has 19 heavy (non-hydrogen) atoms. The zero-order valence-corrected chi connectivity index (χ0v) is 14.8. The van der Waals surface area contributed by atoms with Crippen molar-refractivity contribution in [1.82, 2.24) is 0 Å². The van der Waals surface area contributed by atoms with Gasteiger partial charge in [0.15, 0.2) is 8.32 Å². The van der Waals surface area contributed by atoms with Crippen LogP contribution in [-0.4, -0.2) is 26.6 Å². The summed E-state index contributed by atoms with van der Waals surface area (Å²) < 4.78 is 6.17. The minimum atomic E-state index is -1.62. The molecular formula is C16H32O2Si. The van der Waals surface area contributed by atoms with Crippen LogP contribution in [0.5, 0.6) is 0 Å². The van der Waals surface area contributed by atoms with Gasteiger partial charge in [0.25, 0.3) is 0 Å². The summed E-state index contributed by atoms with van der Waals surface area (Å²) in [5.74, 6) is 0. The van der Waals surface area contributed by atoms with Gasteiger partial charge in [0.1, 0.15) is 0 Å². The van der Waals surface area contributed by atoms with Crippen molar-refractivity contribution < 1.29 is 9.53 Å². The Balaban J connectivity index is 4.15. The van der Waals surface area contributed by atoms with E-state index in [4.69, 9.17) is 9.53 Å². The topological polar surface area (TPSA) is 29.5 Å². The molecule has 0 fully saturated rings. The normalized spacial score (nSPS) is 14.9. The number of hydrogen-bond donors (Lipinski definition) is 1. The van der Waals surface area contributed by atoms with Gasteiger partial charge >= 0.3 is 0 Å². The lowest BCUT2D eigenvalue weighted by Crippen LogP contribution is -2.41. The standard InChI is InChI=1S/C16H32O2Si/c1-14(12-17)10-8-9-11-15(2)13-18-19(6,7)16(3,4)5/h10-11,17H,8-9,12-13H2,1-7H3/b14-10+,15-11+. The van der Waals surface area contributed by atoms with Gasteiger partial charge in [-0.15, -0.1) is 0 Å². The fraction of sp³-hybridized carbons (Fsp3) is 0.750. The van der Waals surface area contributed by atoms with Gasteiger partial charge in [-0.1, -0.05) is 44.1 Å². The zero-order valence-electron chi connectivity index (χ0n) is 13.8. The molecule has 0 aliphatic carbocycles. The van der Waals surface area contributed by atoms with E-state index in [2.05, 4.69) is 52.9 Å². The van der Waals surface area contributed by atoms with Gasteiger partial charge < -0.3 is 9.53 Å². The Kier molecular flexibility index (Phi) is 7.87. The quantitative estimate of drug-likeness (QED) is 0.418. The summed E-state index contributed by atoms with van der Waals surface area (Å²) in [6, 6.07) is 0. The molecular weight excluding hydrogens is 252 g/mol. The highest BCUT2D eigenvalue weighted by atomic mass is 28.4. The van der Waals surface area contributed by atoms with Crippen LogP contribution >= 0.6 is 0 Å². The Labute approximate surface area is 120 Å². The van der Waals surface area contributed by atoms with Crippen LogP contribution in [0.2, 0.25) is 18.1 Å². The molecule has 112 valence electrons. The Morgan fingerprint density at radius 3 is 1.95 bits per heavy atom. The van der Waals surface area contributed by atoms with Gasteiger partial charge in [0.05, 0.1) is 13.2 Å². The van der Waals surface area contributed by atoms with Crippen LogP contribution in [0, 0.1) is 0 Å². The van der Waals surface area contributed by atoms with Crippen LogP contribution in [-0.2, 0) is 4.43 Å². The zero-order chi connectivity index (χ0) is 15.1. The predicted octanol–water partition coefficient (Wildman–Crippen LogP) is 4.67. The number of hydrogen-bond acceptors (Lipinski definition) is 2. The Bertz CT molecular complexity index is 322. The van der Waals surface area contributed by atoms with Crippen molar-refractivity contribution in [3.8, 4) is 0 Å². The lowest BCUT2D eigenvalue weighted by molar-refractivity contribution is 0.318. The van der Waals surface area contributed by atoms with Gasteiger partial charge in [-0.2, -0.15) is 0 Å². The van der Waals surface area contributed by atoms with E-state index in [1.165, 1.54) is 5.57 Å². The second-order valence-corrected chi connectivity index (χ2v) is 11.7. The molecule has 0 aliphatic rings. The monoisotopic (exact) mass is 284 g/mol. The minimum absolute atomic E-state index is 0.164. The van der Waals surface area contributed by atoms with E-state index in [-0.39, 0.29) is 11.6 Å². The average Bonchev–Trinajstić information content (AvgIpc) is 2.30. The number of aliphatic hydroxyl groups excluding tert-OH is 1. The van der Waals surface area contributed by atoms with Gasteiger partial charge in [-0.25, -0.2) is 0 Å². The molecule has 0 radical (unpaired) electrons. The van der Waals surface area contributed by atoms with E-state index in [0.29, 0.717) is 0 Å². The van der Waals surface area contributed by atoms with E-state index >= 15 is 0 Å². The first kappa shape index (κ1) is 18.6. The average molecular weight is 285 g/mol. The molecule has 0 saturated carbocycles. The molecule has 0 atom stereocenters. The first-order valence-corrected chi connectivity index (χ1v) is 10.1. The van der Waals surface area contributed by atoms with Crippen LogP contribution < -0.4 is 0 Å². The smallest absolute Gasteiger partial charge is 0.192 e. The van der Waals surface area contributed by atoms with Gasteiger partial charge in [-0.05, 0) is 44.8 Å². The SMILES string of the molecule is C/C(=C\CC/C=C(\C)CO[Si](C)(C)C(C)(C)C)CO. The maximum Gasteiger partial charge on any atom is 0.192 e. The number of unbranched alkanes of at least 4 members (excludes halogenated alkanes) is 1. The fourth-order valence-electron chi connectivity index (χ4n) is 1.29. The van der Waals surface area contributed by atoms with Crippen molar-refractivity contribution in [3.05, 3.63) is 23.3 Å². The predicted molar refractivity (Wildman–Crippen MR) is 87.0 cm³/mol. The second kappa shape index (κ2) is 8.03. The maximum absolute atomic E-state index is 8.89. The summed E-state index contributed by atoms with van der Waals surface area (Å²) >= 11 is 0. The molecule has 3 heteroatoms. The van der Waals surface area contributed by atoms with Crippen LogP contribution in [0.3, 0.4) is 0 Å². The highest BCUT2D eigenvalue weighted by Gasteiger charge is 2.36. The first-order valence-electron chi connectivity index (χ1n) is 7.16. The summed E-state index contributed by atoms with van der Waals surface area (Å²) in [6.45, 7) is 16.4. The lowest BCUT2D eigenvalue weighted by Gasteiger charge is -2.36. The molecule has 0 unspecified atom stereocenters. The molecule has 0 spiro atoms. The summed E-state index contributed by atoms with van der Waals surface area (Å²) in [7, 11) is -1.62. The van der Waals surface area contributed by atoms with Gasteiger partial charge in [0.2, 0.25) is 0 Å². The molecule has 0 aliphatic heterocycles. The van der Waals surface area contributed by atoms with E-state index in [9.17, 15) is 0 Å². The molecule has 0 rings (SSSR count). The van der Waals surface area contributed by atoms with Crippen LogP contribution in [0.4, 0.5) is 0 Å². The van der Waals surface area contributed by atoms with Crippen molar-refractivity contribution >= 4 is 8.32 Å². The molecule has 0 bridgehead atoms. The van der Waals surface area contributed by atoms with Crippen molar-refractivity contribution in [2.75, 3.05) is 13.2 Å². The second-order valence-electron chi connectivity index (χ2n) is 6.89. The molecule has 0 aromatic rings. The molecule has 0 saturated heterocycles. The Hall–Kier alpha value is -0.383. The third kappa shape index (κ3) is 7.70. The number of rotatable bonds is 7. The summed E-state index contributed by atoms with van der Waals surface area (Å²) in [4.78, 5) is 0. The molecule has 0 aromatic carbocycles. The van der Waals surface area contributed by atoms with Crippen LogP contribution in [0.25, 0.3) is 0 Å². The van der Waals surface area contributed by atoms with E-state index < -0.39 is 8.32 Å². The fourth-order valence-corrected chi connectivity index (χ4v) is 2.32. The first-order chi connectivity index (χ1) is 8.60. The summed E-state index contributed by atoms with van der Waals surface area (Å²) in [5, 5.41) is 9.17. The number of aliphatic hydroxyl groups is 1. The summed E-state index contributed by atoms with van der Waals surface area (Å²) in [5.41, 5.74) is 2.35. The molecule has 2 nitrogen and oxygen atoms in total. The molecule has 1 N–H and O–H groups in total. The van der Waals surface area contributed by atoms with Crippen molar-refractivity contribution in [2.45, 2.75) is 65.6 Å². The van der Waals surface area contributed by atoms with Crippen LogP contribution in [0.15, 0.2) is 23.3 Å². The molecule has 0 amide bonds. The van der Waals surface area contributed by atoms with E-state index in [1.807, 2.05) is 6.92 Å². The third-order valence-electron chi connectivity index (χ3n) is 3.87. The van der Waals surface area contributed by atoms with Gasteiger partial charge in [-0.3, -0.25) is 0 Å². The van der Waals surface area contributed by atoms with Crippen molar-refractivity contribution in [3.63, 3.8) is 0 Å². The van der Waals surface area contributed by atoms with Crippen molar-refractivity contribution in [2.24, 2.45) is 0 Å². The minimum Gasteiger partial charge on any atom is -0.413 e. The molecule has 0 aromatic heterocycles. The highest BCUT2D eigenvalue weighted by molar-refractivity contribution is 6.74. The number of allylic oxidation sites excluding steroid dienone is 2. The maximum atomic E-state index is 8.89. The van der Waals surface area contributed by atoms with E-state index in [1.54, 1.807) is 0 Å². The summed E-state index contributed by atoms with van der Waals surface area (Å²) in [6.07, 6.45) is 6.35. The van der Waals surface area contributed by atoms with E-state index in [0.717, 1.165) is 25.0 Å². The highest BCUT2D eigenvalue weighted by Crippen LogP contribution is 2.36. The Morgan fingerprint density at radius 1 is 1.05 bits per heavy atom. The lowest BCUT2D eigenvalue weighted by atomic mass is 10.2.